The summed E-state index contributed by atoms with van der Waals surface area (Å²) in [5, 5.41) is 6.62. The van der Waals surface area contributed by atoms with Crippen molar-refractivity contribution in [2.24, 2.45) is 0 Å². The van der Waals surface area contributed by atoms with E-state index in [1.165, 1.54) is 0 Å². The first-order valence-electron chi connectivity index (χ1n) is 6.51. The van der Waals surface area contributed by atoms with Gasteiger partial charge >= 0.3 is 0 Å². The Morgan fingerprint density at radius 1 is 1.43 bits per heavy atom. The van der Waals surface area contributed by atoms with Crippen molar-refractivity contribution in [1.82, 2.24) is 4.98 Å². The van der Waals surface area contributed by atoms with Crippen LogP contribution in [0.2, 0.25) is 5.02 Å². The van der Waals surface area contributed by atoms with E-state index < -0.39 is 0 Å². The Bertz CT molecular complexity index is 686. The average molecular weight is 304 g/mol. The first kappa shape index (κ1) is 13.7. The zero-order chi connectivity index (χ0) is 14.8. The first-order valence-corrected chi connectivity index (χ1v) is 6.88. The summed E-state index contributed by atoms with van der Waals surface area (Å²) in [7, 11) is 1.58. The molecule has 1 aliphatic rings. The zero-order valence-corrected chi connectivity index (χ0v) is 12.2. The van der Waals surface area contributed by atoms with Gasteiger partial charge in [-0.2, -0.15) is 0 Å². The second kappa shape index (κ2) is 5.61. The van der Waals surface area contributed by atoms with Gasteiger partial charge in [0.2, 0.25) is 11.8 Å². The predicted molar refractivity (Wildman–Crippen MR) is 81.9 cm³/mol. The van der Waals surface area contributed by atoms with Crippen molar-refractivity contribution in [3.63, 3.8) is 0 Å². The number of carbonyl (C=O) groups excluding carboxylic acids is 1. The molecule has 1 aliphatic heterocycles. The second-order valence-electron chi connectivity index (χ2n) is 4.78. The zero-order valence-electron chi connectivity index (χ0n) is 11.4. The minimum atomic E-state index is -0.00225. The van der Waals surface area contributed by atoms with E-state index in [0.29, 0.717) is 23.9 Å². The van der Waals surface area contributed by atoms with Crippen LogP contribution in [0.25, 0.3) is 0 Å². The number of rotatable bonds is 4. The van der Waals surface area contributed by atoms with Crippen LogP contribution in [0.5, 0.6) is 5.88 Å². The number of benzene rings is 1. The van der Waals surface area contributed by atoms with Gasteiger partial charge in [0.25, 0.3) is 0 Å². The number of anilines is 2. The van der Waals surface area contributed by atoms with Crippen molar-refractivity contribution in [1.29, 1.82) is 0 Å². The lowest BCUT2D eigenvalue weighted by atomic mass is 10.1. The summed E-state index contributed by atoms with van der Waals surface area (Å²) >= 11 is 6.22. The number of hydrogen-bond donors (Lipinski definition) is 2. The molecule has 0 fully saturated rings. The Morgan fingerprint density at radius 2 is 2.29 bits per heavy atom. The topological polar surface area (TPSA) is 63.2 Å². The summed E-state index contributed by atoms with van der Waals surface area (Å²) in [6, 6.07) is 7.43. The molecule has 0 atom stereocenters. The molecule has 3 rings (SSSR count). The molecule has 0 spiro atoms. The summed E-state index contributed by atoms with van der Waals surface area (Å²) in [6.07, 6.45) is 2.14. The van der Waals surface area contributed by atoms with E-state index >= 15 is 0 Å². The maximum absolute atomic E-state index is 11.4. The molecule has 0 radical (unpaired) electrons. The Labute approximate surface area is 127 Å². The molecule has 1 aromatic heterocycles. The van der Waals surface area contributed by atoms with Crippen molar-refractivity contribution < 1.29 is 9.53 Å². The van der Waals surface area contributed by atoms with Crippen LogP contribution in [0.15, 0.2) is 30.5 Å². The summed E-state index contributed by atoms with van der Waals surface area (Å²) in [5.74, 6) is 0.580. The van der Waals surface area contributed by atoms with Crippen molar-refractivity contribution in [3.05, 3.63) is 46.6 Å². The summed E-state index contributed by atoms with van der Waals surface area (Å²) < 4.78 is 5.02. The number of hydrogen-bond acceptors (Lipinski definition) is 4. The Hall–Kier alpha value is -2.27. The lowest BCUT2D eigenvalue weighted by Gasteiger charge is -2.10. The van der Waals surface area contributed by atoms with Gasteiger partial charge in [-0.15, -0.1) is 0 Å². The van der Waals surface area contributed by atoms with Gasteiger partial charge in [0.05, 0.1) is 24.2 Å². The van der Waals surface area contributed by atoms with Crippen molar-refractivity contribution in [2.75, 3.05) is 17.7 Å². The fraction of sp³-hybridized carbons (Fsp3) is 0.200. The molecule has 6 heteroatoms. The molecular weight excluding hydrogens is 290 g/mol. The predicted octanol–water partition coefficient (Wildman–Crippen LogP) is 2.85. The number of amides is 1. The molecule has 0 unspecified atom stereocenters. The number of nitrogens with one attached hydrogen (secondary N) is 2. The van der Waals surface area contributed by atoms with E-state index in [1.54, 1.807) is 19.4 Å². The lowest BCUT2D eigenvalue weighted by molar-refractivity contribution is -0.115. The highest BCUT2D eigenvalue weighted by molar-refractivity contribution is 6.33. The van der Waals surface area contributed by atoms with Gasteiger partial charge in [-0.05, 0) is 23.3 Å². The highest BCUT2D eigenvalue weighted by Crippen LogP contribution is 2.33. The quantitative estimate of drug-likeness (QED) is 0.911. The number of fused-ring (bicyclic) bond motifs is 1. The smallest absolute Gasteiger partial charge is 0.228 e. The van der Waals surface area contributed by atoms with E-state index in [9.17, 15) is 4.79 Å². The fourth-order valence-electron chi connectivity index (χ4n) is 2.22. The number of carbonyl (C=O) groups is 1. The highest BCUT2D eigenvalue weighted by atomic mass is 35.5. The van der Waals surface area contributed by atoms with Crippen LogP contribution in [0.3, 0.4) is 0 Å². The molecule has 0 bridgehead atoms. The maximum Gasteiger partial charge on any atom is 0.228 e. The highest BCUT2D eigenvalue weighted by Gasteiger charge is 2.19. The largest absolute Gasteiger partial charge is 0.481 e. The van der Waals surface area contributed by atoms with Gasteiger partial charge < -0.3 is 15.4 Å². The molecule has 5 nitrogen and oxygen atoms in total. The van der Waals surface area contributed by atoms with Gasteiger partial charge in [-0.3, -0.25) is 4.79 Å². The molecule has 2 aromatic rings. The summed E-state index contributed by atoms with van der Waals surface area (Å²) in [5.41, 5.74) is 3.57. The SMILES string of the molecule is COc1ccc(CNc2cc3c(cc2Cl)NC(=O)C3)cn1. The van der Waals surface area contributed by atoms with E-state index in [2.05, 4.69) is 15.6 Å². The van der Waals surface area contributed by atoms with Crippen molar-refractivity contribution >= 4 is 28.9 Å². The van der Waals surface area contributed by atoms with Crippen LogP contribution in [-0.4, -0.2) is 18.0 Å². The molecule has 21 heavy (non-hydrogen) atoms. The molecule has 1 amide bonds. The number of halogens is 1. The molecule has 0 saturated carbocycles. The standard InChI is InChI=1S/C15H14ClN3O2/c1-21-15-3-2-9(8-18-15)7-17-13-4-10-5-14(20)19-12(10)6-11(13)16/h2-4,6,8,17H,5,7H2,1H3,(H,19,20). The van der Waals surface area contributed by atoms with Gasteiger partial charge in [0.1, 0.15) is 0 Å². The Morgan fingerprint density at radius 3 is 3.00 bits per heavy atom. The molecule has 108 valence electrons. The van der Waals surface area contributed by atoms with Crippen LogP contribution in [0.1, 0.15) is 11.1 Å². The van der Waals surface area contributed by atoms with E-state index in [4.69, 9.17) is 16.3 Å². The number of ether oxygens (including phenoxy) is 1. The van der Waals surface area contributed by atoms with Crippen LogP contribution in [0, 0.1) is 0 Å². The summed E-state index contributed by atoms with van der Waals surface area (Å²) in [6.45, 7) is 0.594. The van der Waals surface area contributed by atoms with Gasteiger partial charge in [0.15, 0.2) is 0 Å². The second-order valence-corrected chi connectivity index (χ2v) is 5.18. The molecule has 2 N–H and O–H groups in total. The third-order valence-electron chi connectivity index (χ3n) is 3.31. The average Bonchev–Trinajstić information content (AvgIpc) is 2.84. The molecule has 0 saturated heterocycles. The Kier molecular flexibility index (Phi) is 3.66. The van der Waals surface area contributed by atoms with Gasteiger partial charge in [-0.1, -0.05) is 17.7 Å². The van der Waals surface area contributed by atoms with Gasteiger partial charge in [0, 0.05) is 24.5 Å². The van der Waals surface area contributed by atoms with Gasteiger partial charge in [-0.25, -0.2) is 4.98 Å². The Balaban J connectivity index is 1.73. The van der Waals surface area contributed by atoms with E-state index in [-0.39, 0.29) is 5.91 Å². The van der Waals surface area contributed by atoms with E-state index in [0.717, 1.165) is 22.5 Å². The molecular formula is C15H14ClN3O2. The third-order valence-corrected chi connectivity index (χ3v) is 3.62. The summed E-state index contributed by atoms with van der Waals surface area (Å²) in [4.78, 5) is 15.5. The lowest BCUT2D eigenvalue weighted by Crippen LogP contribution is -2.03. The monoisotopic (exact) mass is 303 g/mol. The van der Waals surface area contributed by atoms with Crippen LogP contribution in [0.4, 0.5) is 11.4 Å². The fourth-order valence-corrected chi connectivity index (χ4v) is 2.45. The van der Waals surface area contributed by atoms with Crippen molar-refractivity contribution in [2.45, 2.75) is 13.0 Å². The van der Waals surface area contributed by atoms with Crippen LogP contribution < -0.4 is 15.4 Å². The maximum atomic E-state index is 11.4. The van der Waals surface area contributed by atoms with Crippen molar-refractivity contribution in [3.8, 4) is 5.88 Å². The van der Waals surface area contributed by atoms with Crippen LogP contribution >= 0.6 is 11.6 Å². The number of pyridine rings is 1. The van der Waals surface area contributed by atoms with Crippen LogP contribution in [-0.2, 0) is 17.8 Å². The molecule has 1 aromatic carbocycles. The minimum absolute atomic E-state index is 0.00225. The minimum Gasteiger partial charge on any atom is -0.481 e. The number of nitrogens with zero attached hydrogens (tertiary/aromatic N) is 1. The number of methoxy groups -OCH3 is 1. The molecule has 0 aliphatic carbocycles. The third kappa shape index (κ3) is 2.92. The van der Waals surface area contributed by atoms with E-state index in [1.807, 2.05) is 18.2 Å². The molecule has 2 heterocycles. The number of aromatic nitrogens is 1. The first-order chi connectivity index (χ1) is 10.2. The normalized spacial score (nSPS) is 12.8.